The number of alkyl halides is 3. The summed E-state index contributed by atoms with van der Waals surface area (Å²) >= 11 is 0. The Kier molecular flexibility index (Phi) is 5.88. The zero-order chi connectivity index (χ0) is 22.3. The third-order valence-electron chi connectivity index (χ3n) is 4.94. The van der Waals surface area contributed by atoms with Crippen molar-refractivity contribution >= 4 is 20.9 Å². The summed E-state index contributed by atoms with van der Waals surface area (Å²) in [7, 11) is -2.92. The molecule has 9 heteroatoms. The average Bonchev–Trinajstić information content (AvgIpc) is 3.02. The molecular formula is C21H23F3N2O3S. The molecule has 1 N–H and O–H groups in total. The Hall–Kier alpha value is -2.52. The van der Waals surface area contributed by atoms with E-state index in [9.17, 15) is 21.6 Å². The van der Waals surface area contributed by atoms with E-state index in [1.54, 1.807) is 57.2 Å². The predicted octanol–water partition coefficient (Wildman–Crippen LogP) is 4.48. The number of nitrogens with one attached hydrogen (secondary N) is 1. The maximum absolute atomic E-state index is 13.8. The Morgan fingerprint density at radius 1 is 1.10 bits per heavy atom. The number of halogens is 3. The summed E-state index contributed by atoms with van der Waals surface area (Å²) in [5, 5.41) is 0.647. The molecular weight excluding hydrogens is 417 g/mol. The van der Waals surface area contributed by atoms with Crippen LogP contribution in [0.2, 0.25) is 0 Å². The highest BCUT2D eigenvalue weighted by Crippen LogP contribution is 2.30. The Labute approximate surface area is 173 Å². The zero-order valence-corrected chi connectivity index (χ0v) is 17.9. The quantitative estimate of drug-likeness (QED) is 0.615. The lowest BCUT2D eigenvalue weighted by molar-refractivity contribution is -0.154. The highest BCUT2D eigenvalue weighted by Gasteiger charge is 2.43. The molecule has 0 aliphatic heterocycles. The summed E-state index contributed by atoms with van der Waals surface area (Å²) in [6.45, 7) is 4.34. The molecule has 3 rings (SSSR count). The van der Waals surface area contributed by atoms with E-state index in [2.05, 4.69) is 0 Å². The first kappa shape index (κ1) is 22.2. The third kappa shape index (κ3) is 4.32. The van der Waals surface area contributed by atoms with Crippen molar-refractivity contribution in [3.63, 3.8) is 0 Å². The summed E-state index contributed by atoms with van der Waals surface area (Å²) in [4.78, 5) is -0.124. The maximum Gasteiger partial charge on any atom is 0.406 e. The molecule has 0 amide bonds. The molecule has 1 aromatic heterocycles. The fraction of sp³-hybridized carbons (Fsp3) is 0.333. The number of ether oxygens (including phenoxy) is 1. The Morgan fingerprint density at radius 3 is 2.30 bits per heavy atom. The second-order valence-corrected chi connectivity index (χ2v) is 8.96. The van der Waals surface area contributed by atoms with Gasteiger partial charge in [-0.15, -0.1) is 0 Å². The highest BCUT2D eigenvalue weighted by atomic mass is 32.2. The van der Waals surface area contributed by atoms with E-state index >= 15 is 0 Å². The lowest BCUT2D eigenvalue weighted by Gasteiger charge is -2.24. The summed E-state index contributed by atoms with van der Waals surface area (Å²) in [6.07, 6.45) is -3.29. The number of methoxy groups -OCH3 is 1. The number of nitrogens with zero attached hydrogens (tertiary/aromatic N) is 1. The molecule has 0 saturated carbocycles. The fourth-order valence-electron chi connectivity index (χ4n) is 3.77. The van der Waals surface area contributed by atoms with Crippen LogP contribution in [0.25, 0.3) is 10.9 Å². The highest BCUT2D eigenvalue weighted by molar-refractivity contribution is 7.89. The summed E-state index contributed by atoms with van der Waals surface area (Å²) in [6, 6.07) is 7.65. The number of fused-ring (bicyclic) bond motifs is 1. The summed E-state index contributed by atoms with van der Waals surface area (Å²) in [5.41, 5.74) is 2.16. The van der Waals surface area contributed by atoms with Crippen molar-refractivity contribution in [3.8, 4) is 5.75 Å². The molecule has 30 heavy (non-hydrogen) atoms. The minimum Gasteiger partial charge on any atom is -0.496 e. The number of hydrogen-bond acceptors (Lipinski definition) is 3. The van der Waals surface area contributed by atoms with Gasteiger partial charge in [-0.25, -0.2) is 8.42 Å². The Balaban J connectivity index is 1.99. The SMILES string of the molecule is COc1cccc2c1ccn2CC(NS(=O)(=O)c1c(C)cc(C)cc1C)C(F)(F)F. The van der Waals surface area contributed by atoms with E-state index in [4.69, 9.17) is 4.74 Å². The zero-order valence-electron chi connectivity index (χ0n) is 17.0. The van der Waals surface area contributed by atoms with Gasteiger partial charge in [-0.1, -0.05) is 23.8 Å². The van der Waals surface area contributed by atoms with Crippen molar-refractivity contribution in [1.82, 2.24) is 9.29 Å². The van der Waals surface area contributed by atoms with Crippen LogP contribution in [-0.2, 0) is 16.6 Å². The molecule has 3 aromatic rings. The molecule has 162 valence electrons. The molecule has 1 unspecified atom stereocenters. The monoisotopic (exact) mass is 440 g/mol. The van der Waals surface area contributed by atoms with Gasteiger partial charge in [0, 0.05) is 18.1 Å². The average molecular weight is 440 g/mol. The van der Waals surface area contributed by atoms with Crippen LogP contribution in [0.4, 0.5) is 13.2 Å². The van der Waals surface area contributed by atoms with Crippen molar-refractivity contribution in [2.75, 3.05) is 7.11 Å². The summed E-state index contributed by atoms with van der Waals surface area (Å²) < 4.78 is 75.7. The molecule has 0 fully saturated rings. The van der Waals surface area contributed by atoms with Crippen molar-refractivity contribution in [2.45, 2.75) is 44.4 Å². The van der Waals surface area contributed by atoms with Gasteiger partial charge < -0.3 is 9.30 Å². The molecule has 0 radical (unpaired) electrons. The molecule has 0 bridgehead atoms. The summed E-state index contributed by atoms with van der Waals surface area (Å²) in [5.74, 6) is 0.529. The number of aryl methyl sites for hydroxylation is 3. The molecule has 1 heterocycles. The van der Waals surface area contributed by atoms with E-state index in [1.165, 1.54) is 17.9 Å². The predicted molar refractivity (Wildman–Crippen MR) is 109 cm³/mol. The van der Waals surface area contributed by atoms with E-state index < -0.39 is 28.8 Å². The first-order valence-corrected chi connectivity index (χ1v) is 10.7. The standard InChI is InChI=1S/C21H23F3N2O3S/c1-13-10-14(2)20(15(3)11-13)30(27,28)25-19(21(22,23)24)12-26-9-8-16-17(26)6-5-7-18(16)29-4/h5-11,19,25H,12H2,1-4H3. The smallest absolute Gasteiger partial charge is 0.406 e. The van der Waals surface area contributed by atoms with E-state index in [0.29, 0.717) is 27.8 Å². The second-order valence-electron chi connectivity index (χ2n) is 7.30. The lowest BCUT2D eigenvalue weighted by Crippen LogP contribution is -2.48. The molecule has 0 spiro atoms. The van der Waals surface area contributed by atoms with Gasteiger partial charge in [-0.3, -0.25) is 0 Å². The van der Waals surface area contributed by atoms with Gasteiger partial charge in [-0.05, 0) is 50.1 Å². The lowest BCUT2D eigenvalue weighted by atomic mass is 10.1. The Bertz CT molecular complexity index is 1160. The number of hydrogen-bond donors (Lipinski definition) is 1. The van der Waals surface area contributed by atoms with Crippen molar-refractivity contribution < 1.29 is 26.3 Å². The van der Waals surface area contributed by atoms with Crippen molar-refractivity contribution in [2.24, 2.45) is 0 Å². The second kappa shape index (κ2) is 7.96. The van der Waals surface area contributed by atoms with Crippen LogP contribution in [0, 0.1) is 20.8 Å². The number of sulfonamides is 1. The number of rotatable bonds is 6. The molecule has 1 atom stereocenters. The normalized spacial score (nSPS) is 13.6. The van der Waals surface area contributed by atoms with Crippen LogP contribution in [0.5, 0.6) is 5.75 Å². The molecule has 2 aromatic carbocycles. The van der Waals surface area contributed by atoms with Crippen LogP contribution in [-0.4, -0.2) is 32.3 Å². The minimum absolute atomic E-state index is 0.124. The van der Waals surface area contributed by atoms with Crippen LogP contribution >= 0.6 is 0 Å². The molecule has 5 nitrogen and oxygen atoms in total. The van der Waals surface area contributed by atoms with Crippen LogP contribution < -0.4 is 9.46 Å². The van der Waals surface area contributed by atoms with E-state index in [0.717, 1.165) is 5.56 Å². The Morgan fingerprint density at radius 2 is 1.73 bits per heavy atom. The topological polar surface area (TPSA) is 60.3 Å². The molecule has 0 aliphatic rings. The number of benzene rings is 2. The van der Waals surface area contributed by atoms with Gasteiger partial charge in [0.05, 0.1) is 17.5 Å². The van der Waals surface area contributed by atoms with E-state index in [1.807, 2.05) is 4.72 Å². The molecule has 0 saturated heterocycles. The van der Waals surface area contributed by atoms with Crippen LogP contribution in [0.3, 0.4) is 0 Å². The minimum atomic E-state index is -4.78. The van der Waals surface area contributed by atoms with Crippen LogP contribution in [0.1, 0.15) is 16.7 Å². The van der Waals surface area contributed by atoms with Gasteiger partial charge >= 0.3 is 6.18 Å². The van der Waals surface area contributed by atoms with Gasteiger partial charge in [0.2, 0.25) is 10.0 Å². The fourth-order valence-corrected chi connectivity index (χ4v) is 5.44. The van der Waals surface area contributed by atoms with Gasteiger partial charge in [0.1, 0.15) is 11.8 Å². The van der Waals surface area contributed by atoms with Gasteiger partial charge in [0.25, 0.3) is 0 Å². The largest absolute Gasteiger partial charge is 0.496 e. The first-order valence-electron chi connectivity index (χ1n) is 9.23. The van der Waals surface area contributed by atoms with E-state index in [-0.39, 0.29) is 4.90 Å². The third-order valence-corrected chi connectivity index (χ3v) is 6.72. The molecule has 0 aliphatic carbocycles. The first-order chi connectivity index (χ1) is 13.9. The van der Waals surface area contributed by atoms with Crippen molar-refractivity contribution in [3.05, 3.63) is 59.3 Å². The number of aromatic nitrogens is 1. The van der Waals surface area contributed by atoms with Crippen LogP contribution in [0.15, 0.2) is 47.5 Å². The van der Waals surface area contributed by atoms with Gasteiger partial charge in [0.15, 0.2) is 0 Å². The van der Waals surface area contributed by atoms with Gasteiger partial charge in [-0.2, -0.15) is 17.9 Å². The maximum atomic E-state index is 13.8. The van der Waals surface area contributed by atoms with Crippen molar-refractivity contribution in [1.29, 1.82) is 0 Å².